The van der Waals surface area contributed by atoms with Gasteiger partial charge in [-0.25, -0.2) is 0 Å². The van der Waals surface area contributed by atoms with Crippen LogP contribution in [-0.2, 0) is 11.0 Å². The standard InChI is InChI=1S/C25H33Cl2F3N4O/c26-20-16-21(27)22(15-19(20)25(28,29)30)34-13-11-33(12-14-34)10-8-17-4-6-18(7-5-17)24(32)23(35)3-1-2-9-31/h15-18,24H,1-8,10-14,32H2. The van der Waals surface area contributed by atoms with E-state index < -0.39 is 17.8 Å². The van der Waals surface area contributed by atoms with E-state index in [2.05, 4.69) is 11.0 Å². The van der Waals surface area contributed by atoms with Gasteiger partial charge in [-0.05, 0) is 56.2 Å². The van der Waals surface area contributed by atoms with Crippen molar-refractivity contribution < 1.29 is 18.0 Å². The molecule has 0 spiro atoms. The molecular formula is C25H33Cl2F3N4O. The normalized spacial score (nSPS) is 22.6. The number of hydrogen-bond donors (Lipinski definition) is 1. The van der Waals surface area contributed by atoms with Gasteiger partial charge in [0.2, 0.25) is 0 Å². The lowest BCUT2D eigenvalue weighted by Gasteiger charge is -2.38. The molecule has 1 unspecified atom stereocenters. The van der Waals surface area contributed by atoms with Gasteiger partial charge in [-0.1, -0.05) is 36.0 Å². The van der Waals surface area contributed by atoms with Crippen molar-refractivity contribution in [1.29, 1.82) is 5.26 Å². The molecule has 2 N–H and O–H groups in total. The number of nitrogens with zero attached hydrogens (tertiary/aromatic N) is 3. The van der Waals surface area contributed by atoms with Gasteiger partial charge in [0, 0.05) is 39.0 Å². The van der Waals surface area contributed by atoms with Gasteiger partial charge in [0.15, 0.2) is 0 Å². The first-order valence-electron chi connectivity index (χ1n) is 12.3. The van der Waals surface area contributed by atoms with Crippen LogP contribution >= 0.6 is 23.2 Å². The van der Waals surface area contributed by atoms with E-state index in [1.54, 1.807) is 0 Å². The van der Waals surface area contributed by atoms with E-state index in [1.807, 2.05) is 4.90 Å². The summed E-state index contributed by atoms with van der Waals surface area (Å²) in [7, 11) is 0. The van der Waals surface area contributed by atoms with Crippen LogP contribution in [0.4, 0.5) is 18.9 Å². The Morgan fingerprint density at radius 3 is 2.37 bits per heavy atom. The molecule has 1 aliphatic heterocycles. The number of carbonyl (C=O) groups is 1. The van der Waals surface area contributed by atoms with Crippen LogP contribution in [0.1, 0.15) is 56.9 Å². The molecule has 0 radical (unpaired) electrons. The number of nitrogens with two attached hydrogens (primary N) is 1. The summed E-state index contributed by atoms with van der Waals surface area (Å²) < 4.78 is 39.7. The molecule has 0 amide bonds. The van der Waals surface area contributed by atoms with E-state index in [0.29, 0.717) is 44.0 Å². The number of alkyl halides is 3. The Morgan fingerprint density at radius 1 is 1.11 bits per heavy atom. The lowest BCUT2D eigenvalue weighted by Crippen LogP contribution is -2.47. The summed E-state index contributed by atoms with van der Waals surface area (Å²) >= 11 is 12.0. The van der Waals surface area contributed by atoms with Crippen LogP contribution in [0, 0.1) is 23.2 Å². The molecule has 35 heavy (non-hydrogen) atoms. The average Bonchev–Trinajstić information content (AvgIpc) is 2.82. The molecule has 3 rings (SSSR count). The van der Waals surface area contributed by atoms with Gasteiger partial charge in [-0.15, -0.1) is 0 Å². The van der Waals surface area contributed by atoms with Crippen LogP contribution in [0.5, 0.6) is 0 Å². The molecule has 0 bridgehead atoms. The topological polar surface area (TPSA) is 73.4 Å². The second kappa shape index (κ2) is 12.6. The highest BCUT2D eigenvalue weighted by atomic mass is 35.5. The predicted molar refractivity (Wildman–Crippen MR) is 133 cm³/mol. The summed E-state index contributed by atoms with van der Waals surface area (Å²) in [5, 5.41) is 8.46. The summed E-state index contributed by atoms with van der Waals surface area (Å²) in [5.74, 6) is 0.907. The summed E-state index contributed by atoms with van der Waals surface area (Å²) in [6.45, 7) is 3.68. The van der Waals surface area contributed by atoms with Gasteiger partial charge in [0.05, 0.1) is 33.4 Å². The number of ketones is 1. The summed E-state index contributed by atoms with van der Waals surface area (Å²) in [6, 6.07) is 3.87. The highest BCUT2D eigenvalue weighted by Crippen LogP contribution is 2.40. The number of unbranched alkanes of at least 4 members (excludes halogenated alkanes) is 1. The molecule has 2 fully saturated rings. The average molecular weight is 533 g/mol. The smallest absolute Gasteiger partial charge is 0.368 e. The molecule has 2 aliphatic rings. The van der Waals surface area contributed by atoms with Crippen molar-refractivity contribution in [3.63, 3.8) is 0 Å². The third-order valence-corrected chi connectivity index (χ3v) is 8.01. The highest BCUT2D eigenvalue weighted by molar-refractivity contribution is 6.36. The lowest BCUT2D eigenvalue weighted by atomic mass is 9.76. The van der Waals surface area contributed by atoms with Gasteiger partial charge >= 0.3 is 6.18 Å². The fourth-order valence-electron chi connectivity index (χ4n) is 5.18. The molecule has 1 aliphatic carbocycles. The maximum atomic E-state index is 13.2. The highest BCUT2D eigenvalue weighted by Gasteiger charge is 2.35. The van der Waals surface area contributed by atoms with Gasteiger partial charge in [0.25, 0.3) is 0 Å². The predicted octanol–water partition coefficient (Wildman–Crippen LogP) is 5.92. The number of carbonyl (C=O) groups excluding carboxylic acids is 1. The van der Waals surface area contributed by atoms with E-state index in [9.17, 15) is 18.0 Å². The minimum Gasteiger partial charge on any atom is -0.368 e. The molecule has 194 valence electrons. The zero-order chi connectivity index (χ0) is 25.6. The SMILES string of the molecule is N#CCCCC(=O)C(N)C1CCC(CCN2CCN(c3cc(C(F)(F)F)c(Cl)cc3Cl)CC2)CC1. The molecular weight excluding hydrogens is 500 g/mol. The number of hydrogen-bond acceptors (Lipinski definition) is 5. The van der Waals surface area contributed by atoms with Gasteiger partial charge < -0.3 is 10.6 Å². The van der Waals surface area contributed by atoms with Crippen LogP contribution in [0.2, 0.25) is 10.0 Å². The quantitative estimate of drug-likeness (QED) is 0.399. The molecule has 5 nitrogen and oxygen atoms in total. The van der Waals surface area contributed by atoms with Crippen molar-refractivity contribution in [3.8, 4) is 6.07 Å². The molecule has 1 saturated carbocycles. The molecule has 1 aromatic rings. The van der Waals surface area contributed by atoms with Crippen molar-refractivity contribution in [2.24, 2.45) is 17.6 Å². The Morgan fingerprint density at radius 2 is 1.77 bits per heavy atom. The van der Waals surface area contributed by atoms with E-state index in [-0.39, 0.29) is 21.7 Å². The van der Waals surface area contributed by atoms with E-state index in [4.69, 9.17) is 34.2 Å². The maximum Gasteiger partial charge on any atom is 0.417 e. The zero-order valence-corrected chi connectivity index (χ0v) is 21.3. The molecule has 1 aromatic carbocycles. The fraction of sp³-hybridized carbons (Fsp3) is 0.680. The summed E-state index contributed by atoms with van der Waals surface area (Å²) in [6.07, 6.45) is 1.94. The molecule has 1 heterocycles. The summed E-state index contributed by atoms with van der Waals surface area (Å²) in [4.78, 5) is 16.5. The van der Waals surface area contributed by atoms with Crippen molar-refractivity contribution in [3.05, 3.63) is 27.7 Å². The van der Waals surface area contributed by atoms with E-state index in [0.717, 1.165) is 57.8 Å². The van der Waals surface area contributed by atoms with E-state index >= 15 is 0 Å². The van der Waals surface area contributed by atoms with E-state index in [1.165, 1.54) is 6.07 Å². The Kier molecular flexibility index (Phi) is 10.1. The van der Waals surface area contributed by atoms with Crippen LogP contribution in [-0.4, -0.2) is 49.4 Å². The van der Waals surface area contributed by atoms with Gasteiger partial charge in [-0.3, -0.25) is 9.69 Å². The number of rotatable bonds is 9. The number of anilines is 1. The molecule has 1 atom stereocenters. The second-order valence-electron chi connectivity index (χ2n) is 9.68. The maximum absolute atomic E-state index is 13.2. The second-order valence-corrected chi connectivity index (χ2v) is 10.5. The number of piperazine rings is 1. The van der Waals surface area contributed by atoms with Crippen LogP contribution in [0.3, 0.4) is 0 Å². The molecule has 1 saturated heterocycles. The van der Waals surface area contributed by atoms with Gasteiger partial charge in [0.1, 0.15) is 5.78 Å². The molecule has 10 heteroatoms. The van der Waals surface area contributed by atoms with Gasteiger partial charge in [-0.2, -0.15) is 18.4 Å². The van der Waals surface area contributed by atoms with Crippen LogP contribution < -0.4 is 10.6 Å². The van der Waals surface area contributed by atoms with Crippen molar-refractivity contribution >= 4 is 34.7 Å². The number of benzene rings is 1. The fourth-order valence-corrected chi connectivity index (χ4v) is 5.79. The first-order valence-corrected chi connectivity index (χ1v) is 13.0. The summed E-state index contributed by atoms with van der Waals surface area (Å²) in [5.41, 5.74) is 5.71. The third kappa shape index (κ3) is 7.72. The lowest BCUT2D eigenvalue weighted by molar-refractivity contribution is -0.137. The van der Waals surface area contributed by atoms with Crippen LogP contribution in [0.25, 0.3) is 0 Å². The Labute approximate surface area is 215 Å². The Hall–Kier alpha value is -1.53. The monoisotopic (exact) mass is 532 g/mol. The Bertz CT molecular complexity index is 905. The first-order chi connectivity index (χ1) is 16.6. The number of Topliss-reactive ketones (excluding diaryl/α,β-unsaturated/α-hetero) is 1. The van der Waals surface area contributed by atoms with Crippen molar-refractivity contribution in [2.45, 2.75) is 63.6 Å². The van der Waals surface area contributed by atoms with Crippen LogP contribution in [0.15, 0.2) is 12.1 Å². The molecule has 0 aromatic heterocycles. The zero-order valence-electron chi connectivity index (χ0n) is 19.8. The number of halogens is 5. The Balaban J connectivity index is 1.41. The largest absolute Gasteiger partial charge is 0.417 e. The van der Waals surface area contributed by atoms with Crippen molar-refractivity contribution in [1.82, 2.24) is 4.90 Å². The third-order valence-electron chi connectivity index (χ3n) is 7.39. The first kappa shape index (κ1) is 28.0. The van der Waals surface area contributed by atoms with Crippen molar-refractivity contribution in [2.75, 3.05) is 37.6 Å². The minimum atomic E-state index is -4.52. The number of nitriles is 1. The minimum absolute atomic E-state index is 0.0738.